The lowest BCUT2D eigenvalue weighted by Gasteiger charge is -2.16. The Bertz CT molecular complexity index is 348. The van der Waals surface area contributed by atoms with Gasteiger partial charge in [0.15, 0.2) is 5.96 Å². The highest BCUT2D eigenvalue weighted by atomic mass is 127. The number of nitrogens with one attached hydrogen (secondary N) is 1. The van der Waals surface area contributed by atoms with E-state index in [4.69, 9.17) is 10.5 Å². The molecule has 0 aromatic heterocycles. The Hall–Kier alpha value is -0.570. The first-order valence-corrected chi connectivity index (χ1v) is 7.30. The highest BCUT2D eigenvalue weighted by molar-refractivity contribution is 14.0. The molecule has 1 saturated heterocycles. The summed E-state index contributed by atoms with van der Waals surface area (Å²) in [5.74, 6) is 1.13. The molecule has 7 heteroatoms. The monoisotopic (exact) mass is 412 g/mol. The predicted molar refractivity (Wildman–Crippen MR) is 96.0 cm³/mol. The van der Waals surface area contributed by atoms with E-state index in [1.807, 2.05) is 0 Å². The molecule has 6 nitrogen and oxygen atoms in total. The van der Waals surface area contributed by atoms with Gasteiger partial charge >= 0.3 is 0 Å². The fourth-order valence-corrected chi connectivity index (χ4v) is 2.05. The maximum atomic E-state index is 11.8. The van der Waals surface area contributed by atoms with E-state index in [0.717, 1.165) is 25.8 Å². The number of halogens is 1. The number of aliphatic imine (C=N–C) groups is 1. The molecule has 124 valence electrons. The number of hydrogen-bond acceptors (Lipinski definition) is 3. The maximum Gasteiger partial charge on any atom is 0.251 e. The van der Waals surface area contributed by atoms with Crippen LogP contribution in [0.25, 0.3) is 0 Å². The number of hydrogen-bond donors (Lipinski definition) is 2. The van der Waals surface area contributed by atoms with E-state index in [-0.39, 0.29) is 42.1 Å². The van der Waals surface area contributed by atoms with E-state index >= 15 is 0 Å². The molecule has 0 aromatic carbocycles. The molecular formula is C14H29IN4O2. The van der Waals surface area contributed by atoms with Crippen molar-refractivity contribution in [1.82, 2.24) is 10.2 Å². The van der Waals surface area contributed by atoms with Crippen LogP contribution in [0.1, 0.15) is 33.1 Å². The number of ether oxygens (including phenoxy) is 1. The minimum Gasteiger partial charge on any atom is -0.370 e. The van der Waals surface area contributed by atoms with Crippen LogP contribution in [-0.2, 0) is 9.53 Å². The zero-order valence-corrected chi connectivity index (χ0v) is 15.8. The molecular weight excluding hydrogens is 383 g/mol. The summed E-state index contributed by atoms with van der Waals surface area (Å²) in [6.45, 7) is 5.69. The molecule has 2 atom stereocenters. The highest BCUT2D eigenvalue weighted by Gasteiger charge is 2.31. The van der Waals surface area contributed by atoms with Gasteiger partial charge in [-0.1, -0.05) is 13.8 Å². The molecule has 1 rings (SSSR count). The van der Waals surface area contributed by atoms with Gasteiger partial charge < -0.3 is 20.7 Å². The fraction of sp³-hybridized carbons (Fsp3) is 0.857. The van der Waals surface area contributed by atoms with E-state index in [2.05, 4.69) is 24.2 Å². The second kappa shape index (κ2) is 10.2. The number of rotatable bonds is 6. The molecule has 1 aliphatic heterocycles. The van der Waals surface area contributed by atoms with Gasteiger partial charge in [-0.05, 0) is 25.2 Å². The van der Waals surface area contributed by atoms with Crippen molar-refractivity contribution in [2.75, 3.05) is 27.2 Å². The van der Waals surface area contributed by atoms with E-state index in [9.17, 15) is 4.79 Å². The largest absolute Gasteiger partial charge is 0.370 e. The Balaban J connectivity index is 0.00000400. The van der Waals surface area contributed by atoms with Gasteiger partial charge in [-0.25, -0.2) is 0 Å². The van der Waals surface area contributed by atoms with Crippen molar-refractivity contribution in [2.45, 2.75) is 45.3 Å². The lowest BCUT2D eigenvalue weighted by atomic mass is 10.1. The Morgan fingerprint density at radius 2 is 2.10 bits per heavy atom. The molecule has 1 heterocycles. The van der Waals surface area contributed by atoms with Crippen LogP contribution in [0.2, 0.25) is 0 Å². The van der Waals surface area contributed by atoms with Gasteiger partial charge in [0.2, 0.25) is 0 Å². The van der Waals surface area contributed by atoms with Crippen molar-refractivity contribution in [3.8, 4) is 0 Å². The molecule has 0 saturated carbocycles. The summed E-state index contributed by atoms with van der Waals surface area (Å²) in [4.78, 5) is 17.6. The zero-order valence-electron chi connectivity index (χ0n) is 13.5. The summed E-state index contributed by atoms with van der Waals surface area (Å²) in [5.41, 5.74) is 5.79. The molecule has 0 bridgehead atoms. The molecule has 1 fully saturated rings. The average molecular weight is 412 g/mol. The van der Waals surface area contributed by atoms with Gasteiger partial charge in [-0.3, -0.25) is 9.79 Å². The smallest absolute Gasteiger partial charge is 0.251 e. The van der Waals surface area contributed by atoms with Crippen molar-refractivity contribution < 1.29 is 9.53 Å². The van der Waals surface area contributed by atoms with Crippen molar-refractivity contribution >= 4 is 35.8 Å². The number of carbonyl (C=O) groups excluding carboxylic acids is 1. The molecule has 0 spiro atoms. The third-order valence-corrected chi connectivity index (χ3v) is 3.32. The van der Waals surface area contributed by atoms with Crippen molar-refractivity contribution in [1.29, 1.82) is 0 Å². The van der Waals surface area contributed by atoms with Gasteiger partial charge in [0.25, 0.3) is 5.91 Å². The van der Waals surface area contributed by atoms with Gasteiger partial charge in [0.1, 0.15) is 6.10 Å². The van der Waals surface area contributed by atoms with E-state index < -0.39 is 0 Å². The van der Waals surface area contributed by atoms with Crippen molar-refractivity contribution in [2.24, 2.45) is 16.6 Å². The van der Waals surface area contributed by atoms with Gasteiger partial charge in [-0.15, -0.1) is 24.0 Å². The summed E-state index contributed by atoms with van der Waals surface area (Å²) in [6, 6.07) is 0. The third kappa shape index (κ3) is 7.85. The van der Waals surface area contributed by atoms with Crippen LogP contribution >= 0.6 is 24.0 Å². The molecule has 1 aliphatic rings. The SMILES string of the molecule is CC(C)CCNC(N)=NCC1CCC(C(=O)N(C)C)O1.I. The Labute approximate surface area is 144 Å². The van der Waals surface area contributed by atoms with Crippen LogP contribution in [0.4, 0.5) is 0 Å². The first kappa shape index (κ1) is 20.4. The topological polar surface area (TPSA) is 79.9 Å². The van der Waals surface area contributed by atoms with E-state index in [1.54, 1.807) is 19.0 Å². The molecule has 2 unspecified atom stereocenters. The van der Waals surface area contributed by atoms with Crippen LogP contribution in [-0.4, -0.2) is 56.2 Å². The standard InChI is InChI=1S/C14H28N4O2.HI/c1-10(2)7-8-16-14(15)17-9-11-5-6-12(20-11)13(19)18(3)4;/h10-12H,5-9H2,1-4H3,(H3,15,16,17);1H. The zero-order chi connectivity index (χ0) is 15.1. The molecule has 0 radical (unpaired) electrons. The van der Waals surface area contributed by atoms with Crippen LogP contribution in [0.5, 0.6) is 0 Å². The van der Waals surface area contributed by atoms with Crippen LogP contribution in [0.3, 0.4) is 0 Å². The van der Waals surface area contributed by atoms with Crippen LogP contribution in [0.15, 0.2) is 4.99 Å². The molecule has 21 heavy (non-hydrogen) atoms. The summed E-state index contributed by atoms with van der Waals surface area (Å²) >= 11 is 0. The number of nitrogens with two attached hydrogens (primary N) is 1. The van der Waals surface area contributed by atoms with E-state index in [1.165, 1.54) is 0 Å². The average Bonchev–Trinajstić information content (AvgIpc) is 2.83. The quantitative estimate of drug-likeness (QED) is 0.390. The minimum absolute atomic E-state index is 0. The van der Waals surface area contributed by atoms with E-state index in [0.29, 0.717) is 18.4 Å². The summed E-state index contributed by atoms with van der Waals surface area (Å²) in [5, 5.41) is 3.09. The van der Waals surface area contributed by atoms with Gasteiger partial charge in [0, 0.05) is 20.6 Å². The number of amides is 1. The van der Waals surface area contributed by atoms with Crippen LogP contribution < -0.4 is 11.1 Å². The summed E-state index contributed by atoms with van der Waals surface area (Å²) < 4.78 is 5.70. The molecule has 3 N–H and O–H groups in total. The first-order chi connectivity index (χ1) is 9.40. The Morgan fingerprint density at radius 3 is 2.67 bits per heavy atom. The molecule has 0 aromatic rings. The normalized spacial score (nSPS) is 22.0. The first-order valence-electron chi connectivity index (χ1n) is 7.30. The maximum absolute atomic E-state index is 11.8. The number of guanidine groups is 1. The van der Waals surface area contributed by atoms with Crippen molar-refractivity contribution in [3.63, 3.8) is 0 Å². The summed E-state index contributed by atoms with van der Waals surface area (Å²) in [7, 11) is 3.49. The molecule has 0 aliphatic carbocycles. The highest BCUT2D eigenvalue weighted by Crippen LogP contribution is 2.21. The number of nitrogens with zero attached hydrogens (tertiary/aromatic N) is 2. The Kier molecular flexibility index (Phi) is 9.93. The lowest BCUT2D eigenvalue weighted by Crippen LogP contribution is -2.35. The van der Waals surface area contributed by atoms with Crippen molar-refractivity contribution in [3.05, 3.63) is 0 Å². The summed E-state index contributed by atoms with van der Waals surface area (Å²) in [6.07, 6.45) is 2.36. The lowest BCUT2D eigenvalue weighted by molar-refractivity contribution is -0.140. The Morgan fingerprint density at radius 1 is 1.43 bits per heavy atom. The number of carbonyl (C=O) groups is 1. The predicted octanol–water partition coefficient (Wildman–Crippen LogP) is 1.19. The molecule has 1 amide bonds. The third-order valence-electron chi connectivity index (χ3n) is 3.32. The second-order valence-corrected chi connectivity index (χ2v) is 5.89. The second-order valence-electron chi connectivity index (χ2n) is 5.89. The minimum atomic E-state index is -0.319. The fourth-order valence-electron chi connectivity index (χ4n) is 2.05. The van der Waals surface area contributed by atoms with Gasteiger partial charge in [0.05, 0.1) is 12.6 Å². The van der Waals surface area contributed by atoms with Gasteiger partial charge in [-0.2, -0.15) is 0 Å². The number of likely N-dealkylation sites (N-methyl/N-ethyl adjacent to an activating group) is 1. The van der Waals surface area contributed by atoms with Crippen LogP contribution in [0, 0.1) is 5.92 Å².